The van der Waals surface area contributed by atoms with Crippen LogP contribution in [-0.4, -0.2) is 35.0 Å². The summed E-state index contributed by atoms with van der Waals surface area (Å²) in [6.45, 7) is 2.61. The van der Waals surface area contributed by atoms with Gasteiger partial charge in [-0.2, -0.15) is 13.2 Å². The Bertz CT molecular complexity index is 777. The van der Waals surface area contributed by atoms with E-state index in [1.54, 1.807) is 6.07 Å². The molecule has 0 spiro atoms. The van der Waals surface area contributed by atoms with Gasteiger partial charge in [0.15, 0.2) is 0 Å². The monoisotopic (exact) mass is 350 g/mol. The highest BCUT2D eigenvalue weighted by Gasteiger charge is 2.33. The van der Waals surface area contributed by atoms with Gasteiger partial charge in [0, 0.05) is 30.3 Å². The molecule has 0 unspecified atom stereocenters. The maximum absolute atomic E-state index is 12.8. The van der Waals surface area contributed by atoms with Crippen LogP contribution < -0.4 is 4.74 Å². The predicted octanol–water partition coefficient (Wildman–Crippen LogP) is 3.70. The highest BCUT2D eigenvalue weighted by molar-refractivity contribution is 5.94. The van der Waals surface area contributed by atoms with Crippen molar-refractivity contribution >= 4 is 5.91 Å². The van der Waals surface area contributed by atoms with E-state index in [0.717, 1.165) is 17.8 Å². The zero-order valence-corrected chi connectivity index (χ0v) is 13.6. The molecule has 25 heavy (non-hydrogen) atoms. The summed E-state index contributed by atoms with van der Waals surface area (Å²) in [5.74, 6) is 0.0627. The molecule has 0 radical (unpaired) electrons. The highest BCUT2D eigenvalue weighted by atomic mass is 19.4. The number of carbonyl (C=O) groups excluding carboxylic acids is 1. The Morgan fingerprint density at radius 2 is 2.00 bits per heavy atom. The summed E-state index contributed by atoms with van der Waals surface area (Å²) in [5.41, 5.74) is 0.0332. The van der Waals surface area contributed by atoms with Gasteiger partial charge < -0.3 is 9.64 Å². The van der Waals surface area contributed by atoms with Crippen molar-refractivity contribution in [3.05, 3.63) is 59.3 Å². The van der Waals surface area contributed by atoms with E-state index >= 15 is 0 Å². The first-order valence-electron chi connectivity index (χ1n) is 7.90. The van der Waals surface area contributed by atoms with Crippen LogP contribution in [0.5, 0.6) is 5.88 Å². The quantitative estimate of drug-likeness (QED) is 0.848. The second-order valence-corrected chi connectivity index (χ2v) is 5.98. The van der Waals surface area contributed by atoms with Crippen LogP contribution in [0.4, 0.5) is 13.2 Å². The van der Waals surface area contributed by atoms with Gasteiger partial charge >= 0.3 is 6.18 Å². The number of pyridine rings is 1. The van der Waals surface area contributed by atoms with Crippen LogP contribution in [0.1, 0.15) is 28.0 Å². The molecule has 0 aliphatic carbocycles. The summed E-state index contributed by atoms with van der Waals surface area (Å²) in [5, 5.41) is 0. The van der Waals surface area contributed by atoms with Crippen molar-refractivity contribution in [2.75, 3.05) is 13.1 Å². The van der Waals surface area contributed by atoms with Crippen molar-refractivity contribution in [2.45, 2.75) is 25.6 Å². The van der Waals surface area contributed by atoms with Gasteiger partial charge in [0.25, 0.3) is 5.91 Å². The fourth-order valence-electron chi connectivity index (χ4n) is 2.77. The Kier molecular flexibility index (Phi) is 4.65. The molecule has 1 aliphatic rings. The molecule has 0 saturated carbocycles. The van der Waals surface area contributed by atoms with E-state index in [-0.39, 0.29) is 11.7 Å². The smallest absolute Gasteiger partial charge is 0.416 e. The van der Waals surface area contributed by atoms with E-state index in [4.69, 9.17) is 4.74 Å². The normalized spacial score (nSPS) is 17.6. The largest absolute Gasteiger partial charge is 0.472 e. The van der Waals surface area contributed by atoms with Gasteiger partial charge in [0.2, 0.25) is 5.88 Å². The van der Waals surface area contributed by atoms with E-state index in [9.17, 15) is 18.0 Å². The maximum Gasteiger partial charge on any atom is 0.416 e. The highest BCUT2D eigenvalue weighted by Crippen LogP contribution is 2.30. The number of hydrogen-bond donors (Lipinski definition) is 0. The first-order chi connectivity index (χ1) is 11.8. The Morgan fingerprint density at radius 1 is 1.24 bits per heavy atom. The lowest BCUT2D eigenvalue weighted by molar-refractivity contribution is -0.137. The average Bonchev–Trinajstić information content (AvgIpc) is 3.02. The molecule has 2 heterocycles. The maximum atomic E-state index is 12.8. The lowest BCUT2D eigenvalue weighted by Gasteiger charge is -2.18. The second-order valence-electron chi connectivity index (χ2n) is 5.98. The third-order valence-electron chi connectivity index (χ3n) is 4.02. The zero-order valence-electron chi connectivity index (χ0n) is 13.6. The number of ether oxygens (including phenoxy) is 1. The van der Waals surface area contributed by atoms with Crippen molar-refractivity contribution < 1.29 is 22.7 Å². The molecule has 3 rings (SSSR count). The van der Waals surface area contributed by atoms with Gasteiger partial charge in [0.1, 0.15) is 6.10 Å². The van der Waals surface area contributed by atoms with E-state index < -0.39 is 17.6 Å². The number of carbonyl (C=O) groups is 1. The molecular weight excluding hydrogens is 333 g/mol. The SMILES string of the molecule is Cc1cccc(O[C@H]2CCN(C(=O)c3cccc(C(F)(F)F)c3)C2)n1. The van der Waals surface area contributed by atoms with Crippen molar-refractivity contribution in [1.29, 1.82) is 0 Å². The number of likely N-dealkylation sites (tertiary alicyclic amines) is 1. The van der Waals surface area contributed by atoms with Crippen LogP contribution in [0.2, 0.25) is 0 Å². The number of halogens is 3. The zero-order chi connectivity index (χ0) is 18.0. The fraction of sp³-hybridized carbons (Fsp3) is 0.333. The van der Waals surface area contributed by atoms with E-state index in [1.165, 1.54) is 17.0 Å². The number of nitrogens with zero attached hydrogens (tertiary/aromatic N) is 2. The molecule has 7 heteroatoms. The minimum atomic E-state index is -4.47. The van der Waals surface area contributed by atoms with Crippen LogP contribution in [0, 0.1) is 6.92 Å². The van der Waals surface area contributed by atoms with Crippen LogP contribution in [-0.2, 0) is 6.18 Å². The molecular formula is C18H17F3N2O2. The molecule has 4 nitrogen and oxygen atoms in total. The second kappa shape index (κ2) is 6.74. The molecule has 2 aromatic rings. The van der Waals surface area contributed by atoms with Gasteiger partial charge in [-0.25, -0.2) is 4.98 Å². The number of aromatic nitrogens is 1. The number of aryl methyl sites for hydroxylation is 1. The third-order valence-corrected chi connectivity index (χ3v) is 4.02. The minimum absolute atomic E-state index is 0.0316. The summed E-state index contributed by atoms with van der Waals surface area (Å²) in [6, 6.07) is 9.91. The first-order valence-corrected chi connectivity index (χ1v) is 7.90. The number of alkyl halides is 3. The minimum Gasteiger partial charge on any atom is -0.472 e. The molecule has 1 atom stereocenters. The summed E-state index contributed by atoms with van der Waals surface area (Å²) < 4.78 is 44.1. The van der Waals surface area contributed by atoms with Crippen molar-refractivity contribution in [3.63, 3.8) is 0 Å². The van der Waals surface area contributed by atoms with Crippen LogP contribution in [0.25, 0.3) is 0 Å². The lowest BCUT2D eigenvalue weighted by atomic mass is 10.1. The summed E-state index contributed by atoms with van der Waals surface area (Å²) >= 11 is 0. The number of benzene rings is 1. The van der Waals surface area contributed by atoms with Crippen molar-refractivity contribution in [2.24, 2.45) is 0 Å². The van der Waals surface area contributed by atoms with E-state index in [1.807, 2.05) is 19.1 Å². The summed E-state index contributed by atoms with van der Waals surface area (Å²) in [7, 11) is 0. The number of amides is 1. The molecule has 1 amide bonds. The molecule has 0 N–H and O–H groups in total. The van der Waals surface area contributed by atoms with Crippen LogP contribution >= 0.6 is 0 Å². The van der Waals surface area contributed by atoms with Gasteiger partial charge in [0.05, 0.1) is 12.1 Å². The Hall–Kier alpha value is -2.57. The van der Waals surface area contributed by atoms with Crippen molar-refractivity contribution in [1.82, 2.24) is 9.88 Å². The molecule has 0 bridgehead atoms. The topological polar surface area (TPSA) is 42.4 Å². The van der Waals surface area contributed by atoms with Gasteiger partial charge in [-0.15, -0.1) is 0 Å². The van der Waals surface area contributed by atoms with Crippen LogP contribution in [0.15, 0.2) is 42.5 Å². The first kappa shape index (κ1) is 17.3. The molecule has 1 aliphatic heterocycles. The Balaban J connectivity index is 1.66. The summed E-state index contributed by atoms with van der Waals surface area (Å²) in [6.07, 6.45) is -4.08. The predicted molar refractivity (Wildman–Crippen MR) is 85.4 cm³/mol. The van der Waals surface area contributed by atoms with Gasteiger partial charge in [-0.1, -0.05) is 12.1 Å². The molecule has 1 saturated heterocycles. The molecule has 1 fully saturated rings. The fourth-order valence-corrected chi connectivity index (χ4v) is 2.77. The van der Waals surface area contributed by atoms with Gasteiger partial charge in [-0.05, 0) is 31.2 Å². The summed E-state index contributed by atoms with van der Waals surface area (Å²) in [4.78, 5) is 18.2. The molecule has 132 valence electrons. The molecule has 1 aromatic heterocycles. The Morgan fingerprint density at radius 3 is 2.72 bits per heavy atom. The lowest BCUT2D eigenvalue weighted by Crippen LogP contribution is -2.31. The van der Waals surface area contributed by atoms with Crippen LogP contribution in [0.3, 0.4) is 0 Å². The van der Waals surface area contributed by atoms with Gasteiger partial charge in [-0.3, -0.25) is 4.79 Å². The van der Waals surface area contributed by atoms with E-state index in [2.05, 4.69) is 4.98 Å². The number of hydrogen-bond acceptors (Lipinski definition) is 3. The Labute approximate surface area is 143 Å². The number of rotatable bonds is 3. The molecule has 1 aromatic carbocycles. The van der Waals surface area contributed by atoms with E-state index in [0.29, 0.717) is 25.4 Å². The third kappa shape index (κ3) is 4.10. The average molecular weight is 350 g/mol. The van der Waals surface area contributed by atoms with Crippen molar-refractivity contribution in [3.8, 4) is 5.88 Å². The standard InChI is InChI=1S/C18H17F3N2O2/c1-12-4-2-7-16(22-12)25-15-8-9-23(11-15)17(24)13-5-3-6-14(10-13)18(19,20)21/h2-7,10,15H,8-9,11H2,1H3/t15-/m0/s1.